The highest BCUT2D eigenvalue weighted by Crippen LogP contribution is 2.07. The van der Waals surface area contributed by atoms with Crippen molar-refractivity contribution in [1.29, 1.82) is 0 Å². The minimum absolute atomic E-state index is 0.128. The number of esters is 1. The highest BCUT2D eigenvalue weighted by atomic mass is 16.5. The van der Waals surface area contributed by atoms with Gasteiger partial charge in [-0.2, -0.15) is 0 Å². The minimum Gasteiger partial charge on any atom is -0.492 e. The molecule has 0 saturated heterocycles. The predicted octanol–water partition coefficient (Wildman–Crippen LogP) is 1.46. The average molecular weight is 237 g/mol. The Labute approximate surface area is 102 Å². The van der Waals surface area contributed by atoms with Gasteiger partial charge in [0.15, 0.2) is 0 Å². The van der Waals surface area contributed by atoms with E-state index in [0.717, 1.165) is 5.75 Å². The van der Waals surface area contributed by atoms with Crippen molar-refractivity contribution in [3.05, 3.63) is 30.3 Å². The number of ether oxygens (including phenoxy) is 2. The van der Waals surface area contributed by atoms with Crippen molar-refractivity contribution in [2.45, 2.75) is 6.92 Å². The molecule has 4 nitrogen and oxygen atoms in total. The molecule has 0 heterocycles. The fourth-order valence-corrected chi connectivity index (χ4v) is 1.36. The Balaban J connectivity index is 2.07. The molecule has 0 aliphatic heterocycles. The first-order valence-electron chi connectivity index (χ1n) is 5.70. The standard InChI is InChI=1S/C13H19NO3/c1-11(13(15)16-2)10-14-8-9-17-12-6-4-3-5-7-12/h3-7,11,14H,8-10H2,1-2H3. The Morgan fingerprint density at radius 2 is 2.06 bits per heavy atom. The lowest BCUT2D eigenvalue weighted by atomic mass is 10.2. The Hall–Kier alpha value is -1.55. The molecular formula is C13H19NO3. The van der Waals surface area contributed by atoms with Gasteiger partial charge in [-0.25, -0.2) is 0 Å². The maximum atomic E-state index is 11.1. The molecule has 1 aromatic carbocycles. The third-order valence-electron chi connectivity index (χ3n) is 2.34. The van der Waals surface area contributed by atoms with Crippen LogP contribution in [0.15, 0.2) is 30.3 Å². The van der Waals surface area contributed by atoms with Crippen LogP contribution in [0.5, 0.6) is 5.75 Å². The first kappa shape index (κ1) is 13.5. The molecule has 1 unspecified atom stereocenters. The van der Waals surface area contributed by atoms with Crippen molar-refractivity contribution in [2.24, 2.45) is 5.92 Å². The molecule has 94 valence electrons. The van der Waals surface area contributed by atoms with E-state index in [-0.39, 0.29) is 11.9 Å². The number of nitrogens with one attached hydrogen (secondary N) is 1. The molecule has 0 aliphatic rings. The summed E-state index contributed by atoms with van der Waals surface area (Å²) in [5, 5.41) is 3.14. The van der Waals surface area contributed by atoms with Crippen molar-refractivity contribution < 1.29 is 14.3 Å². The quantitative estimate of drug-likeness (QED) is 0.576. The highest BCUT2D eigenvalue weighted by molar-refractivity contribution is 5.71. The van der Waals surface area contributed by atoms with Crippen LogP contribution < -0.4 is 10.1 Å². The van der Waals surface area contributed by atoms with Gasteiger partial charge in [-0.15, -0.1) is 0 Å². The molecule has 0 spiro atoms. The van der Waals surface area contributed by atoms with Crippen LogP contribution in [0.25, 0.3) is 0 Å². The zero-order valence-corrected chi connectivity index (χ0v) is 10.3. The Kier molecular flexibility index (Phi) is 6.10. The van der Waals surface area contributed by atoms with Gasteiger partial charge in [0.25, 0.3) is 0 Å². The molecular weight excluding hydrogens is 218 g/mol. The van der Waals surface area contributed by atoms with Crippen LogP contribution in [0, 0.1) is 5.92 Å². The molecule has 0 bridgehead atoms. The van der Waals surface area contributed by atoms with Gasteiger partial charge >= 0.3 is 5.97 Å². The lowest BCUT2D eigenvalue weighted by Crippen LogP contribution is -2.30. The smallest absolute Gasteiger partial charge is 0.309 e. The van der Waals surface area contributed by atoms with E-state index in [9.17, 15) is 4.79 Å². The van der Waals surface area contributed by atoms with Gasteiger partial charge in [-0.3, -0.25) is 4.79 Å². The molecule has 1 N–H and O–H groups in total. The van der Waals surface area contributed by atoms with Crippen molar-refractivity contribution in [3.63, 3.8) is 0 Å². The van der Waals surface area contributed by atoms with Crippen molar-refractivity contribution >= 4 is 5.97 Å². The van der Waals surface area contributed by atoms with E-state index in [1.807, 2.05) is 37.3 Å². The van der Waals surface area contributed by atoms with E-state index in [4.69, 9.17) is 4.74 Å². The van der Waals surface area contributed by atoms with Gasteiger partial charge in [0.2, 0.25) is 0 Å². The molecule has 0 fully saturated rings. The second-order valence-electron chi connectivity index (χ2n) is 3.79. The second-order valence-corrected chi connectivity index (χ2v) is 3.79. The average Bonchev–Trinajstić information content (AvgIpc) is 2.38. The Bertz CT molecular complexity index is 327. The summed E-state index contributed by atoms with van der Waals surface area (Å²) in [7, 11) is 1.40. The monoisotopic (exact) mass is 237 g/mol. The number of hydrogen-bond donors (Lipinski definition) is 1. The number of carbonyl (C=O) groups excluding carboxylic acids is 1. The Morgan fingerprint density at radius 1 is 1.35 bits per heavy atom. The number of rotatable bonds is 7. The molecule has 1 aromatic rings. The molecule has 0 aromatic heterocycles. The highest BCUT2D eigenvalue weighted by Gasteiger charge is 2.11. The number of carbonyl (C=O) groups is 1. The second kappa shape index (κ2) is 7.68. The SMILES string of the molecule is COC(=O)C(C)CNCCOc1ccccc1. The van der Waals surface area contributed by atoms with E-state index in [0.29, 0.717) is 19.7 Å². The van der Waals surface area contributed by atoms with Gasteiger partial charge in [0, 0.05) is 13.1 Å². The topological polar surface area (TPSA) is 47.6 Å². The summed E-state index contributed by atoms with van der Waals surface area (Å²) in [5.41, 5.74) is 0. The molecule has 17 heavy (non-hydrogen) atoms. The summed E-state index contributed by atoms with van der Waals surface area (Å²) in [4.78, 5) is 11.1. The number of hydrogen-bond acceptors (Lipinski definition) is 4. The van der Waals surface area contributed by atoms with Crippen LogP contribution in [0.3, 0.4) is 0 Å². The summed E-state index contributed by atoms with van der Waals surface area (Å²) in [6.07, 6.45) is 0. The van der Waals surface area contributed by atoms with Crippen LogP contribution in [0.2, 0.25) is 0 Å². The fourth-order valence-electron chi connectivity index (χ4n) is 1.36. The van der Waals surface area contributed by atoms with Crippen LogP contribution in [-0.4, -0.2) is 32.8 Å². The summed E-state index contributed by atoms with van der Waals surface area (Å²) in [5.74, 6) is 0.536. The van der Waals surface area contributed by atoms with Crippen LogP contribution in [0.1, 0.15) is 6.92 Å². The molecule has 0 aliphatic carbocycles. The van der Waals surface area contributed by atoms with E-state index in [1.54, 1.807) is 0 Å². The lowest BCUT2D eigenvalue weighted by Gasteiger charge is -2.11. The van der Waals surface area contributed by atoms with Gasteiger partial charge in [-0.1, -0.05) is 25.1 Å². The predicted molar refractivity (Wildman–Crippen MR) is 66.0 cm³/mol. The van der Waals surface area contributed by atoms with Gasteiger partial charge in [0.05, 0.1) is 13.0 Å². The molecule has 0 amide bonds. The maximum absolute atomic E-state index is 11.1. The van der Waals surface area contributed by atoms with Crippen LogP contribution >= 0.6 is 0 Å². The Morgan fingerprint density at radius 3 is 2.71 bits per heavy atom. The minimum atomic E-state index is -0.193. The van der Waals surface area contributed by atoms with Gasteiger partial charge in [-0.05, 0) is 12.1 Å². The maximum Gasteiger partial charge on any atom is 0.309 e. The molecule has 0 radical (unpaired) electrons. The summed E-state index contributed by atoms with van der Waals surface area (Å²) in [6, 6.07) is 9.64. The largest absolute Gasteiger partial charge is 0.492 e. The molecule has 1 rings (SSSR count). The summed E-state index contributed by atoms with van der Waals surface area (Å²) in [6.45, 7) is 3.72. The number of methoxy groups -OCH3 is 1. The van der Waals surface area contributed by atoms with Gasteiger partial charge in [0.1, 0.15) is 12.4 Å². The fraction of sp³-hybridized carbons (Fsp3) is 0.462. The first-order chi connectivity index (χ1) is 8.24. The van der Waals surface area contributed by atoms with Crippen molar-refractivity contribution in [1.82, 2.24) is 5.32 Å². The molecule has 0 saturated carbocycles. The molecule has 4 heteroatoms. The first-order valence-corrected chi connectivity index (χ1v) is 5.70. The number of para-hydroxylation sites is 1. The number of benzene rings is 1. The van der Waals surface area contributed by atoms with Crippen LogP contribution in [-0.2, 0) is 9.53 Å². The zero-order valence-electron chi connectivity index (χ0n) is 10.3. The van der Waals surface area contributed by atoms with E-state index in [2.05, 4.69) is 10.1 Å². The van der Waals surface area contributed by atoms with Crippen molar-refractivity contribution in [3.8, 4) is 5.75 Å². The zero-order chi connectivity index (χ0) is 12.5. The van der Waals surface area contributed by atoms with E-state index in [1.165, 1.54) is 7.11 Å². The third-order valence-corrected chi connectivity index (χ3v) is 2.34. The lowest BCUT2D eigenvalue weighted by molar-refractivity contribution is -0.144. The third kappa shape index (κ3) is 5.36. The van der Waals surface area contributed by atoms with E-state index < -0.39 is 0 Å². The summed E-state index contributed by atoms with van der Waals surface area (Å²) >= 11 is 0. The van der Waals surface area contributed by atoms with Crippen LogP contribution in [0.4, 0.5) is 0 Å². The van der Waals surface area contributed by atoms with Gasteiger partial charge < -0.3 is 14.8 Å². The molecule has 1 atom stereocenters. The van der Waals surface area contributed by atoms with E-state index >= 15 is 0 Å². The van der Waals surface area contributed by atoms with Crippen molar-refractivity contribution in [2.75, 3.05) is 26.8 Å². The summed E-state index contributed by atoms with van der Waals surface area (Å²) < 4.78 is 10.1. The normalized spacial score (nSPS) is 11.9.